The first-order chi connectivity index (χ1) is 12.0. The smallest absolute Gasteiger partial charge is 0.255 e. The lowest BCUT2D eigenvalue weighted by atomic mass is 10.1. The van der Waals surface area contributed by atoms with Crippen molar-refractivity contribution in [3.63, 3.8) is 0 Å². The van der Waals surface area contributed by atoms with Gasteiger partial charge in [0.2, 0.25) is 5.89 Å². The van der Waals surface area contributed by atoms with Crippen molar-refractivity contribution in [3.8, 4) is 0 Å². The highest BCUT2D eigenvalue weighted by atomic mass is 127. The molecule has 0 unspecified atom stereocenters. The van der Waals surface area contributed by atoms with E-state index < -0.39 is 0 Å². The molecule has 0 aliphatic rings. The fourth-order valence-electron chi connectivity index (χ4n) is 2.27. The van der Waals surface area contributed by atoms with Crippen molar-refractivity contribution in [1.82, 2.24) is 10.1 Å². The predicted octanol–water partition coefficient (Wildman–Crippen LogP) is 4.64. The van der Waals surface area contributed by atoms with Gasteiger partial charge in [-0.3, -0.25) is 4.79 Å². The molecule has 1 aromatic heterocycles. The second kappa shape index (κ2) is 7.77. The fraction of sp³-hybridized carbons (Fsp3) is 0.211. The summed E-state index contributed by atoms with van der Waals surface area (Å²) in [7, 11) is 0. The number of benzene rings is 2. The van der Waals surface area contributed by atoms with Gasteiger partial charge < -0.3 is 9.84 Å². The van der Waals surface area contributed by atoms with Crippen LogP contribution in [0.1, 0.15) is 47.4 Å². The van der Waals surface area contributed by atoms with Crippen LogP contribution in [-0.2, 0) is 6.42 Å². The van der Waals surface area contributed by atoms with Crippen LogP contribution < -0.4 is 5.32 Å². The summed E-state index contributed by atoms with van der Waals surface area (Å²) in [6.45, 7) is 4.03. The minimum atomic E-state index is -0.121. The third-order valence-electron chi connectivity index (χ3n) is 3.66. The Kier molecular flexibility index (Phi) is 5.47. The van der Waals surface area contributed by atoms with Crippen molar-refractivity contribution >= 4 is 34.2 Å². The van der Waals surface area contributed by atoms with Crippen LogP contribution in [0.5, 0.6) is 0 Å². The molecule has 3 aromatic rings. The Labute approximate surface area is 160 Å². The maximum atomic E-state index is 12.2. The first kappa shape index (κ1) is 17.6. The molecule has 0 bridgehead atoms. The van der Waals surface area contributed by atoms with Crippen LogP contribution in [0.15, 0.2) is 53.1 Å². The normalized spacial score (nSPS) is 10.9. The van der Waals surface area contributed by atoms with Gasteiger partial charge in [0.05, 0.1) is 0 Å². The molecule has 0 atom stereocenters. The summed E-state index contributed by atoms with van der Waals surface area (Å²) in [5, 5.41) is 6.89. The molecule has 0 fully saturated rings. The number of nitrogens with zero attached hydrogens (tertiary/aromatic N) is 2. The molecule has 1 amide bonds. The molecule has 25 heavy (non-hydrogen) atoms. The van der Waals surface area contributed by atoms with Gasteiger partial charge in [-0.2, -0.15) is 4.98 Å². The van der Waals surface area contributed by atoms with Gasteiger partial charge in [0.15, 0.2) is 5.82 Å². The van der Waals surface area contributed by atoms with Gasteiger partial charge in [-0.05, 0) is 64.6 Å². The molecule has 0 aliphatic heterocycles. The molecular weight excluding hydrogens is 429 g/mol. The Morgan fingerprint density at radius 1 is 1.12 bits per heavy atom. The number of amides is 1. The van der Waals surface area contributed by atoms with Crippen LogP contribution in [0.4, 0.5) is 5.69 Å². The zero-order valence-electron chi connectivity index (χ0n) is 14.0. The largest absolute Gasteiger partial charge is 0.339 e. The lowest BCUT2D eigenvalue weighted by Gasteiger charge is -2.06. The average molecular weight is 447 g/mol. The van der Waals surface area contributed by atoms with Gasteiger partial charge >= 0.3 is 0 Å². The molecular formula is C19H18IN3O2. The van der Waals surface area contributed by atoms with E-state index in [1.165, 1.54) is 0 Å². The Hall–Kier alpha value is -2.22. The SMILES string of the molecule is CC(C)c1nc(Cc2ccc(NC(=O)c3ccc(I)cc3)cc2)no1. The van der Waals surface area contributed by atoms with Crippen LogP contribution >= 0.6 is 22.6 Å². The standard InChI is InChI=1S/C19H18IN3O2/c1-12(2)19-22-17(23-25-19)11-13-3-9-16(10-4-13)21-18(24)14-5-7-15(20)8-6-14/h3-10,12H,11H2,1-2H3,(H,21,24). The van der Waals surface area contributed by atoms with Crippen molar-refractivity contribution < 1.29 is 9.32 Å². The maximum Gasteiger partial charge on any atom is 0.255 e. The summed E-state index contributed by atoms with van der Waals surface area (Å²) < 4.78 is 6.31. The van der Waals surface area contributed by atoms with E-state index in [4.69, 9.17) is 4.52 Å². The zero-order valence-corrected chi connectivity index (χ0v) is 16.1. The van der Waals surface area contributed by atoms with E-state index in [-0.39, 0.29) is 11.8 Å². The lowest BCUT2D eigenvalue weighted by molar-refractivity contribution is 0.102. The number of hydrogen-bond donors (Lipinski definition) is 1. The highest BCUT2D eigenvalue weighted by molar-refractivity contribution is 14.1. The summed E-state index contributed by atoms with van der Waals surface area (Å²) >= 11 is 2.21. The van der Waals surface area contributed by atoms with Crippen LogP contribution in [0, 0.1) is 3.57 Å². The first-order valence-electron chi connectivity index (χ1n) is 7.99. The van der Waals surface area contributed by atoms with Gasteiger partial charge in [0, 0.05) is 27.2 Å². The number of rotatable bonds is 5. The number of hydrogen-bond acceptors (Lipinski definition) is 4. The zero-order chi connectivity index (χ0) is 17.8. The molecule has 6 heteroatoms. The van der Waals surface area contributed by atoms with Crippen LogP contribution in [0.3, 0.4) is 0 Å². The molecule has 1 heterocycles. The van der Waals surface area contributed by atoms with E-state index in [2.05, 4.69) is 38.0 Å². The second-order valence-electron chi connectivity index (χ2n) is 6.04. The monoisotopic (exact) mass is 447 g/mol. The molecule has 2 aromatic carbocycles. The highest BCUT2D eigenvalue weighted by Gasteiger charge is 2.10. The van der Waals surface area contributed by atoms with Crippen LogP contribution in [0.25, 0.3) is 0 Å². The minimum absolute atomic E-state index is 0.121. The predicted molar refractivity (Wildman–Crippen MR) is 105 cm³/mol. The van der Waals surface area contributed by atoms with Crippen LogP contribution in [-0.4, -0.2) is 16.0 Å². The molecule has 0 saturated heterocycles. The first-order valence-corrected chi connectivity index (χ1v) is 9.07. The van der Waals surface area contributed by atoms with E-state index in [1.54, 1.807) is 0 Å². The average Bonchev–Trinajstić information content (AvgIpc) is 3.06. The summed E-state index contributed by atoms with van der Waals surface area (Å²) in [6.07, 6.45) is 0.599. The summed E-state index contributed by atoms with van der Waals surface area (Å²) in [4.78, 5) is 16.6. The number of carbonyl (C=O) groups is 1. The number of halogens is 1. The Morgan fingerprint density at radius 3 is 2.40 bits per heavy atom. The quantitative estimate of drug-likeness (QED) is 0.579. The second-order valence-corrected chi connectivity index (χ2v) is 7.28. The van der Waals surface area contributed by atoms with E-state index in [9.17, 15) is 4.79 Å². The van der Waals surface area contributed by atoms with Crippen molar-refractivity contribution in [2.45, 2.75) is 26.2 Å². The van der Waals surface area contributed by atoms with Gasteiger partial charge in [0.1, 0.15) is 0 Å². The maximum absolute atomic E-state index is 12.2. The van der Waals surface area contributed by atoms with Gasteiger partial charge in [-0.25, -0.2) is 0 Å². The third-order valence-corrected chi connectivity index (χ3v) is 4.38. The molecule has 0 saturated carbocycles. The molecule has 0 spiro atoms. The van der Waals surface area contributed by atoms with E-state index in [0.717, 1.165) is 14.8 Å². The van der Waals surface area contributed by atoms with Crippen molar-refractivity contribution in [2.24, 2.45) is 0 Å². The van der Waals surface area contributed by atoms with Crippen LogP contribution in [0.2, 0.25) is 0 Å². The Morgan fingerprint density at radius 2 is 1.80 bits per heavy atom. The van der Waals surface area contributed by atoms with Crippen molar-refractivity contribution in [2.75, 3.05) is 5.32 Å². The topological polar surface area (TPSA) is 68.0 Å². The third kappa shape index (κ3) is 4.66. The van der Waals surface area contributed by atoms with E-state index >= 15 is 0 Å². The molecule has 5 nitrogen and oxygen atoms in total. The van der Waals surface area contributed by atoms with E-state index in [0.29, 0.717) is 23.7 Å². The molecule has 0 aliphatic carbocycles. The Bertz CT molecular complexity index is 855. The molecule has 3 rings (SSSR count). The Balaban J connectivity index is 1.63. The van der Waals surface area contributed by atoms with Crippen molar-refractivity contribution in [3.05, 3.63) is 74.9 Å². The molecule has 0 radical (unpaired) electrons. The molecule has 128 valence electrons. The van der Waals surface area contributed by atoms with Gasteiger partial charge in [-0.1, -0.05) is 31.1 Å². The summed E-state index contributed by atoms with van der Waals surface area (Å²) in [5.41, 5.74) is 2.45. The minimum Gasteiger partial charge on any atom is -0.339 e. The summed E-state index contributed by atoms with van der Waals surface area (Å²) in [6, 6.07) is 15.1. The van der Waals surface area contributed by atoms with Crippen molar-refractivity contribution in [1.29, 1.82) is 0 Å². The van der Waals surface area contributed by atoms with Gasteiger partial charge in [-0.15, -0.1) is 0 Å². The highest BCUT2D eigenvalue weighted by Crippen LogP contribution is 2.16. The lowest BCUT2D eigenvalue weighted by Crippen LogP contribution is -2.11. The van der Waals surface area contributed by atoms with E-state index in [1.807, 2.05) is 62.4 Å². The fourth-order valence-corrected chi connectivity index (χ4v) is 2.63. The summed E-state index contributed by atoms with van der Waals surface area (Å²) in [5.74, 6) is 1.42. The molecule has 1 N–H and O–H groups in total. The van der Waals surface area contributed by atoms with Gasteiger partial charge in [0.25, 0.3) is 5.91 Å². The number of anilines is 1. The number of carbonyl (C=O) groups excluding carboxylic acids is 1. The number of nitrogens with one attached hydrogen (secondary N) is 1. The number of aromatic nitrogens is 2.